The first kappa shape index (κ1) is 9.26. The first-order valence-corrected chi connectivity index (χ1v) is 5.21. The molecule has 14 heavy (non-hydrogen) atoms. The highest BCUT2D eigenvalue weighted by Gasteiger charge is 2.01. The molecule has 0 unspecified atom stereocenters. The minimum atomic E-state index is 1.12. The van der Waals surface area contributed by atoms with Crippen molar-refractivity contribution in [2.24, 2.45) is 0 Å². The van der Waals surface area contributed by atoms with Crippen LogP contribution in [-0.2, 0) is 6.42 Å². The third-order valence-electron chi connectivity index (χ3n) is 2.94. The second kappa shape index (κ2) is 3.45. The third-order valence-corrected chi connectivity index (χ3v) is 2.94. The fourth-order valence-corrected chi connectivity index (χ4v) is 2.02. The molecule has 0 radical (unpaired) electrons. The van der Waals surface area contributed by atoms with E-state index >= 15 is 0 Å². The molecule has 2 aromatic carbocycles. The van der Waals surface area contributed by atoms with Crippen LogP contribution < -0.4 is 0 Å². The Kier molecular flexibility index (Phi) is 2.28. The molecule has 0 fully saturated rings. The van der Waals surface area contributed by atoms with Gasteiger partial charge in [0.2, 0.25) is 0 Å². The first-order chi connectivity index (χ1) is 6.72. The fraction of sp³-hybridized carbons (Fsp3) is 0.286. The van der Waals surface area contributed by atoms with Gasteiger partial charge in [-0.25, -0.2) is 0 Å². The predicted octanol–water partition coefficient (Wildman–Crippen LogP) is 4.02. The van der Waals surface area contributed by atoms with Gasteiger partial charge in [-0.15, -0.1) is 0 Å². The van der Waals surface area contributed by atoms with Crippen LogP contribution in [0, 0.1) is 13.8 Å². The molecule has 0 saturated carbocycles. The van der Waals surface area contributed by atoms with Gasteiger partial charge >= 0.3 is 0 Å². The summed E-state index contributed by atoms with van der Waals surface area (Å²) < 4.78 is 0. The van der Waals surface area contributed by atoms with Crippen molar-refractivity contribution in [3.8, 4) is 0 Å². The average Bonchev–Trinajstić information content (AvgIpc) is 2.17. The van der Waals surface area contributed by atoms with Crippen molar-refractivity contribution in [2.75, 3.05) is 0 Å². The Balaban J connectivity index is 2.80. The Morgan fingerprint density at radius 2 is 1.79 bits per heavy atom. The number of fused-ring (bicyclic) bond motifs is 1. The molecule has 0 nitrogen and oxygen atoms in total. The fourth-order valence-electron chi connectivity index (χ4n) is 2.02. The predicted molar refractivity (Wildman–Crippen MR) is 62.8 cm³/mol. The largest absolute Gasteiger partial charge is 0.0614 e. The van der Waals surface area contributed by atoms with Gasteiger partial charge in [-0.1, -0.05) is 37.3 Å². The van der Waals surface area contributed by atoms with E-state index in [0.717, 1.165) is 6.42 Å². The van der Waals surface area contributed by atoms with Gasteiger partial charge < -0.3 is 0 Å². The van der Waals surface area contributed by atoms with Crippen LogP contribution in [0.4, 0.5) is 0 Å². The summed E-state index contributed by atoms with van der Waals surface area (Å²) in [7, 11) is 0. The lowest BCUT2D eigenvalue weighted by atomic mass is 9.98. The van der Waals surface area contributed by atoms with Gasteiger partial charge in [-0.3, -0.25) is 0 Å². The van der Waals surface area contributed by atoms with Gasteiger partial charge in [0.05, 0.1) is 0 Å². The third kappa shape index (κ3) is 1.41. The second-order valence-corrected chi connectivity index (χ2v) is 3.93. The SMILES string of the molecule is CCc1cc2c(C)cccc2cc1C. The molecule has 0 N–H and O–H groups in total. The zero-order valence-electron chi connectivity index (χ0n) is 9.09. The summed E-state index contributed by atoms with van der Waals surface area (Å²) in [6.07, 6.45) is 1.12. The van der Waals surface area contributed by atoms with Gasteiger partial charge in [0.15, 0.2) is 0 Å². The molecule has 0 heterocycles. The highest BCUT2D eigenvalue weighted by Crippen LogP contribution is 2.22. The van der Waals surface area contributed by atoms with Crippen LogP contribution in [0.2, 0.25) is 0 Å². The maximum atomic E-state index is 2.33. The van der Waals surface area contributed by atoms with Crippen molar-refractivity contribution in [1.82, 2.24) is 0 Å². The topological polar surface area (TPSA) is 0 Å². The molecule has 0 aliphatic rings. The van der Waals surface area contributed by atoms with E-state index < -0.39 is 0 Å². The van der Waals surface area contributed by atoms with Crippen LogP contribution in [0.5, 0.6) is 0 Å². The molecule has 0 amide bonds. The zero-order valence-corrected chi connectivity index (χ0v) is 9.09. The van der Waals surface area contributed by atoms with Crippen molar-refractivity contribution in [1.29, 1.82) is 0 Å². The summed E-state index contributed by atoms with van der Waals surface area (Å²) in [5.41, 5.74) is 4.24. The molecule has 0 spiro atoms. The first-order valence-electron chi connectivity index (χ1n) is 5.21. The molecule has 0 atom stereocenters. The number of aryl methyl sites for hydroxylation is 3. The van der Waals surface area contributed by atoms with Gasteiger partial charge in [-0.2, -0.15) is 0 Å². The Morgan fingerprint density at radius 3 is 2.50 bits per heavy atom. The van der Waals surface area contributed by atoms with E-state index in [9.17, 15) is 0 Å². The van der Waals surface area contributed by atoms with Gasteiger partial charge in [0, 0.05) is 0 Å². The van der Waals surface area contributed by atoms with Crippen LogP contribution in [-0.4, -0.2) is 0 Å². The lowest BCUT2D eigenvalue weighted by Gasteiger charge is -2.07. The molecule has 2 aromatic rings. The molecule has 0 aromatic heterocycles. The molecule has 72 valence electrons. The summed E-state index contributed by atoms with van der Waals surface area (Å²) in [6, 6.07) is 11.1. The van der Waals surface area contributed by atoms with Crippen LogP contribution >= 0.6 is 0 Å². The maximum Gasteiger partial charge on any atom is -0.0152 e. The van der Waals surface area contributed by atoms with E-state index in [1.54, 1.807) is 0 Å². The van der Waals surface area contributed by atoms with Gasteiger partial charge in [-0.05, 0) is 47.7 Å². The lowest BCUT2D eigenvalue weighted by molar-refractivity contribution is 1.12. The normalized spacial score (nSPS) is 10.8. The second-order valence-electron chi connectivity index (χ2n) is 3.93. The number of hydrogen-bond donors (Lipinski definition) is 0. The molecule has 0 aliphatic heterocycles. The van der Waals surface area contributed by atoms with Crippen molar-refractivity contribution in [3.63, 3.8) is 0 Å². The van der Waals surface area contributed by atoms with Crippen molar-refractivity contribution >= 4 is 10.8 Å². The monoisotopic (exact) mass is 184 g/mol. The standard InChI is InChI=1S/C14H16/c1-4-12-9-14-10(2)6-5-7-13(14)8-11(12)3/h5-9H,4H2,1-3H3. The van der Waals surface area contributed by atoms with E-state index in [1.165, 1.54) is 27.5 Å². The van der Waals surface area contributed by atoms with Crippen molar-refractivity contribution in [2.45, 2.75) is 27.2 Å². The molecular formula is C14H16. The van der Waals surface area contributed by atoms with Crippen LogP contribution in [0.25, 0.3) is 10.8 Å². The molecule has 0 saturated heterocycles. The summed E-state index contributed by atoms with van der Waals surface area (Å²) in [4.78, 5) is 0. The minimum absolute atomic E-state index is 1.12. The zero-order chi connectivity index (χ0) is 10.1. The van der Waals surface area contributed by atoms with E-state index in [1.807, 2.05) is 0 Å². The quantitative estimate of drug-likeness (QED) is 0.628. The lowest BCUT2D eigenvalue weighted by Crippen LogP contribution is -1.88. The summed E-state index contributed by atoms with van der Waals surface area (Å²) in [6.45, 7) is 6.59. The molecule has 0 aliphatic carbocycles. The molecule has 2 rings (SSSR count). The summed E-state index contributed by atoms with van der Waals surface area (Å²) >= 11 is 0. The average molecular weight is 184 g/mol. The van der Waals surface area contributed by atoms with Crippen LogP contribution in [0.1, 0.15) is 23.6 Å². The number of benzene rings is 2. The highest BCUT2D eigenvalue weighted by molar-refractivity contribution is 5.87. The molecular weight excluding hydrogens is 168 g/mol. The van der Waals surface area contributed by atoms with Crippen LogP contribution in [0.15, 0.2) is 30.3 Å². The summed E-state index contributed by atoms with van der Waals surface area (Å²) in [5.74, 6) is 0. The van der Waals surface area contributed by atoms with Gasteiger partial charge in [0.25, 0.3) is 0 Å². The molecule has 0 heteroatoms. The minimum Gasteiger partial charge on any atom is -0.0614 e. The highest BCUT2D eigenvalue weighted by atomic mass is 14.1. The smallest absolute Gasteiger partial charge is 0.0152 e. The van der Waals surface area contributed by atoms with E-state index in [-0.39, 0.29) is 0 Å². The van der Waals surface area contributed by atoms with Gasteiger partial charge in [0.1, 0.15) is 0 Å². The number of hydrogen-bond acceptors (Lipinski definition) is 0. The molecule has 0 bridgehead atoms. The number of rotatable bonds is 1. The van der Waals surface area contributed by atoms with E-state index in [2.05, 4.69) is 51.1 Å². The van der Waals surface area contributed by atoms with Crippen LogP contribution in [0.3, 0.4) is 0 Å². The van der Waals surface area contributed by atoms with E-state index in [0.29, 0.717) is 0 Å². The van der Waals surface area contributed by atoms with Crippen molar-refractivity contribution in [3.05, 3.63) is 47.0 Å². The van der Waals surface area contributed by atoms with E-state index in [4.69, 9.17) is 0 Å². The Hall–Kier alpha value is -1.30. The Morgan fingerprint density at radius 1 is 1.00 bits per heavy atom. The Bertz CT molecular complexity index is 467. The van der Waals surface area contributed by atoms with Crippen molar-refractivity contribution < 1.29 is 0 Å². The Labute approximate surface area is 85.6 Å². The summed E-state index contributed by atoms with van der Waals surface area (Å²) in [5, 5.41) is 2.76. The maximum absolute atomic E-state index is 2.33.